The van der Waals surface area contributed by atoms with Crippen LogP contribution < -0.4 is 9.80 Å². The Balaban J connectivity index is 1.68. The summed E-state index contributed by atoms with van der Waals surface area (Å²) in [5.41, 5.74) is 1.05. The third kappa shape index (κ3) is 2.81. The van der Waals surface area contributed by atoms with Crippen LogP contribution in [0.2, 0.25) is 10.0 Å². The van der Waals surface area contributed by atoms with Crippen molar-refractivity contribution in [2.75, 3.05) is 36.0 Å². The molecule has 0 aliphatic carbocycles. The van der Waals surface area contributed by atoms with Gasteiger partial charge in [0.25, 0.3) is 0 Å². The first-order valence-electron chi connectivity index (χ1n) is 6.45. The Morgan fingerprint density at radius 2 is 1.65 bits per heavy atom. The number of anilines is 2. The largest absolute Gasteiger partial charge is 0.367 e. The van der Waals surface area contributed by atoms with Gasteiger partial charge < -0.3 is 9.80 Å². The van der Waals surface area contributed by atoms with Crippen molar-refractivity contribution >= 4 is 34.7 Å². The van der Waals surface area contributed by atoms with Gasteiger partial charge in [-0.25, -0.2) is 4.98 Å². The summed E-state index contributed by atoms with van der Waals surface area (Å²) in [7, 11) is 0. The van der Waals surface area contributed by atoms with Crippen LogP contribution in [0.15, 0.2) is 36.8 Å². The van der Waals surface area contributed by atoms with Crippen LogP contribution >= 0.6 is 23.2 Å². The molecule has 3 rings (SSSR count). The average molecular weight is 309 g/mol. The summed E-state index contributed by atoms with van der Waals surface area (Å²) in [6, 6.07) is 5.78. The van der Waals surface area contributed by atoms with Gasteiger partial charge in [0.05, 0.1) is 15.7 Å². The summed E-state index contributed by atoms with van der Waals surface area (Å²) in [5, 5.41) is 1.36. The smallest absolute Gasteiger partial charge is 0.128 e. The van der Waals surface area contributed by atoms with Crippen molar-refractivity contribution < 1.29 is 0 Å². The van der Waals surface area contributed by atoms with Gasteiger partial charge in [-0.1, -0.05) is 23.2 Å². The Labute approximate surface area is 128 Å². The van der Waals surface area contributed by atoms with E-state index in [9.17, 15) is 0 Å². The fourth-order valence-corrected chi connectivity index (χ4v) is 2.71. The van der Waals surface area contributed by atoms with Gasteiger partial charge in [-0.2, -0.15) is 0 Å². The van der Waals surface area contributed by atoms with Crippen LogP contribution in [0.25, 0.3) is 0 Å². The fraction of sp³-hybridized carbons (Fsp3) is 0.286. The van der Waals surface area contributed by atoms with Crippen LogP contribution in [-0.2, 0) is 0 Å². The van der Waals surface area contributed by atoms with Gasteiger partial charge in [-0.15, -0.1) is 0 Å². The zero-order chi connectivity index (χ0) is 13.9. The molecule has 3 heterocycles. The summed E-state index contributed by atoms with van der Waals surface area (Å²) < 4.78 is 0. The number of pyridine rings is 2. The first kappa shape index (κ1) is 13.5. The second kappa shape index (κ2) is 5.85. The highest BCUT2D eigenvalue weighted by molar-refractivity contribution is 6.33. The first-order valence-corrected chi connectivity index (χ1v) is 7.20. The first-order chi connectivity index (χ1) is 9.74. The lowest BCUT2D eigenvalue weighted by Gasteiger charge is -2.37. The van der Waals surface area contributed by atoms with Crippen LogP contribution in [0.3, 0.4) is 0 Å². The van der Waals surface area contributed by atoms with Crippen molar-refractivity contribution in [1.82, 2.24) is 9.97 Å². The number of rotatable bonds is 2. The summed E-state index contributed by atoms with van der Waals surface area (Å²) in [4.78, 5) is 12.9. The number of hydrogen-bond acceptors (Lipinski definition) is 4. The molecule has 0 atom stereocenters. The number of aromatic nitrogens is 2. The van der Waals surface area contributed by atoms with Crippen LogP contribution in [0.4, 0.5) is 11.5 Å². The standard InChI is InChI=1S/C14H14Cl2N4/c15-11-1-2-14(18-9-11)20-7-5-19(6-8-20)13-3-4-17-10-12(13)16/h1-4,9-10H,5-8H2. The molecule has 1 fully saturated rings. The minimum atomic E-state index is 0.663. The summed E-state index contributed by atoms with van der Waals surface area (Å²) in [5.74, 6) is 0.967. The van der Waals surface area contributed by atoms with Crippen molar-refractivity contribution in [1.29, 1.82) is 0 Å². The molecule has 0 saturated carbocycles. The molecular weight excluding hydrogens is 295 g/mol. The molecule has 1 saturated heterocycles. The Hall–Kier alpha value is -1.52. The second-order valence-electron chi connectivity index (χ2n) is 4.64. The average Bonchev–Trinajstić information content (AvgIpc) is 2.49. The van der Waals surface area contributed by atoms with Gasteiger partial charge in [0.15, 0.2) is 0 Å². The molecule has 104 valence electrons. The molecule has 0 N–H and O–H groups in total. The highest BCUT2D eigenvalue weighted by Crippen LogP contribution is 2.26. The molecular formula is C14H14Cl2N4. The molecule has 0 spiro atoms. The van der Waals surface area contributed by atoms with E-state index in [-0.39, 0.29) is 0 Å². The Morgan fingerprint density at radius 3 is 2.30 bits per heavy atom. The quantitative estimate of drug-likeness (QED) is 0.853. The SMILES string of the molecule is Clc1ccc(N2CCN(c3ccncc3Cl)CC2)nc1. The molecule has 0 aromatic carbocycles. The zero-order valence-corrected chi connectivity index (χ0v) is 12.3. The topological polar surface area (TPSA) is 32.3 Å². The van der Waals surface area contributed by atoms with Crippen molar-refractivity contribution in [3.63, 3.8) is 0 Å². The van der Waals surface area contributed by atoms with Gasteiger partial charge in [-0.05, 0) is 18.2 Å². The molecule has 0 radical (unpaired) electrons. The van der Waals surface area contributed by atoms with Gasteiger partial charge in [0.1, 0.15) is 5.82 Å². The maximum absolute atomic E-state index is 6.18. The maximum atomic E-state index is 6.18. The van der Waals surface area contributed by atoms with E-state index < -0.39 is 0 Å². The Bertz CT molecular complexity index is 580. The van der Waals surface area contributed by atoms with E-state index >= 15 is 0 Å². The molecule has 20 heavy (non-hydrogen) atoms. The van der Waals surface area contributed by atoms with Crippen molar-refractivity contribution in [3.8, 4) is 0 Å². The number of piperazine rings is 1. The molecule has 6 heteroatoms. The van der Waals surface area contributed by atoms with E-state index in [1.807, 2.05) is 18.2 Å². The van der Waals surface area contributed by atoms with E-state index in [0.29, 0.717) is 10.0 Å². The lowest BCUT2D eigenvalue weighted by atomic mass is 10.2. The van der Waals surface area contributed by atoms with E-state index in [1.165, 1.54) is 0 Å². The minimum absolute atomic E-state index is 0.663. The van der Waals surface area contributed by atoms with Crippen molar-refractivity contribution in [2.24, 2.45) is 0 Å². The van der Waals surface area contributed by atoms with Gasteiger partial charge in [0.2, 0.25) is 0 Å². The lowest BCUT2D eigenvalue weighted by molar-refractivity contribution is 0.647. The number of hydrogen-bond donors (Lipinski definition) is 0. The van der Waals surface area contributed by atoms with Crippen LogP contribution in [0.1, 0.15) is 0 Å². The molecule has 0 amide bonds. The highest BCUT2D eigenvalue weighted by atomic mass is 35.5. The summed E-state index contributed by atoms with van der Waals surface area (Å²) >= 11 is 12.0. The third-order valence-corrected chi connectivity index (χ3v) is 3.92. The summed E-state index contributed by atoms with van der Waals surface area (Å²) in [6.45, 7) is 3.64. The van der Waals surface area contributed by atoms with Crippen LogP contribution in [-0.4, -0.2) is 36.1 Å². The van der Waals surface area contributed by atoms with E-state index in [4.69, 9.17) is 23.2 Å². The van der Waals surface area contributed by atoms with Crippen molar-refractivity contribution in [3.05, 3.63) is 46.8 Å². The van der Waals surface area contributed by atoms with Gasteiger partial charge >= 0.3 is 0 Å². The predicted octanol–water partition coefficient (Wildman–Crippen LogP) is 3.11. The number of nitrogens with zero attached hydrogens (tertiary/aromatic N) is 4. The molecule has 1 aliphatic heterocycles. The Morgan fingerprint density at radius 1 is 0.900 bits per heavy atom. The molecule has 0 bridgehead atoms. The van der Waals surface area contributed by atoms with E-state index in [0.717, 1.165) is 37.7 Å². The zero-order valence-electron chi connectivity index (χ0n) is 10.8. The highest BCUT2D eigenvalue weighted by Gasteiger charge is 2.19. The van der Waals surface area contributed by atoms with E-state index in [2.05, 4.69) is 19.8 Å². The molecule has 0 unspecified atom stereocenters. The molecule has 2 aromatic rings. The second-order valence-corrected chi connectivity index (χ2v) is 5.48. The van der Waals surface area contributed by atoms with Crippen molar-refractivity contribution in [2.45, 2.75) is 0 Å². The predicted molar refractivity (Wildman–Crippen MR) is 82.9 cm³/mol. The van der Waals surface area contributed by atoms with Crippen LogP contribution in [0.5, 0.6) is 0 Å². The monoisotopic (exact) mass is 308 g/mol. The Kier molecular flexibility index (Phi) is 3.94. The third-order valence-electron chi connectivity index (χ3n) is 3.41. The van der Waals surface area contributed by atoms with E-state index in [1.54, 1.807) is 18.6 Å². The fourth-order valence-electron chi connectivity index (χ4n) is 2.36. The normalized spacial score (nSPS) is 15.5. The minimum Gasteiger partial charge on any atom is -0.367 e. The molecule has 4 nitrogen and oxygen atoms in total. The maximum Gasteiger partial charge on any atom is 0.128 e. The van der Waals surface area contributed by atoms with Crippen LogP contribution in [0, 0.1) is 0 Å². The molecule has 1 aliphatic rings. The van der Waals surface area contributed by atoms with Gasteiger partial charge in [-0.3, -0.25) is 4.98 Å². The van der Waals surface area contributed by atoms with Gasteiger partial charge in [0, 0.05) is 44.8 Å². The number of halogens is 2. The summed E-state index contributed by atoms with van der Waals surface area (Å²) in [6.07, 6.45) is 5.14. The molecule has 2 aromatic heterocycles. The lowest BCUT2D eigenvalue weighted by Crippen LogP contribution is -2.46.